The van der Waals surface area contributed by atoms with Crippen molar-refractivity contribution >= 4 is 17.2 Å². The van der Waals surface area contributed by atoms with Gasteiger partial charge < -0.3 is 20.8 Å². The highest BCUT2D eigenvalue weighted by Crippen LogP contribution is 2.28. The molecule has 1 amide bonds. The molecule has 33 heavy (non-hydrogen) atoms. The van der Waals surface area contributed by atoms with Crippen molar-refractivity contribution in [3.05, 3.63) is 89.2 Å². The van der Waals surface area contributed by atoms with Crippen LogP contribution in [-0.4, -0.2) is 40.4 Å². The van der Waals surface area contributed by atoms with E-state index in [2.05, 4.69) is 22.2 Å². The summed E-state index contributed by atoms with van der Waals surface area (Å²) in [4.78, 5) is 16.8. The van der Waals surface area contributed by atoms with Gasteiger partial charge in [-0.25, -0.2) is 4.39 Å². The van der Waals surface area contributed by atoms with Crippen LogP contribution in [0.1, 0.15) is 42.3 Å². The first kappa shape index (κ1) is 26.0. The molecule has 176 valence electrons. The standard InChI is InChI=1S/C26H32FN3O3/c1-6-20(16(2)3)25(12-18(5)21-11-17(4)7-8-23(21)27)30-24-9-10-28-13-22(24)26(33)29-19(14-31)15-32/h6-13,16,19,31-32H,5,14-15H2,1-4H3,(H,28,30)(H,29,33)/b20-6-,25-12+. The zero-order chi connectivity index (χ0) is 24.5. The summed E-state index contributed by atoms with van der Waals surface area (Å²) in [5.41, 5.74) is 4.13. The van der Waals surface area contributed by atoms with E-state index in [1.165, 1.54) is 12.3 Å². The molecule has 1 aromatic carbocycles. The highest BCUT2D eigenvalue weighted by atomic mass is 19.1. The number of hydrogen-bond donors (Lipinski definition) is 4. The van der Waals surface area contributed by atoms with Crippen molar-refractivity contribution in [1.82, 2.24) is 10.3 Å². The summed E-state index contributed by atoms with van der Waals surface area (Å²) in [7, 11) is 0. The Labute approximate surface area is 194 Å². The van der Waals surface area contributed by atoms with Crippen LogP contribution in [0.2, 0.25) is 0 Å². The average Bonchev–Trinajstić information content (AvgIpc) is 2.79. The SMILES string of the molecule is C=C(/C=C(Nc1ccncc1C(=O)NC(CO)CO)\C(=C/C)C(C)C)c1cc(C)ccc1F. The van der Waals surface area contributed by atoms with E-state index in [0.29, 0.717) is 22.5 Å². The second-order valence-electron chi connectivity index (χ2n) is 8.05. The highest BCUT2D eigenvalue weighted by molar-refractivity contribution is 6.00. The van der Waals surface area contributed by atoms with Crippen molar-refractivity contribution in [3.63, 3.8) is 0 Å². The minimum atomic E-state index is -0.786. The topological polar surface area (TPSA) is 94.5 Å². The molecule has 0 unspecified atom stereocenters. The van der Waals surface area contributed by atoms with Gasteiger partial charge in [0.2, 0.25) is 0 Å². The first-order chi connectivity index (χ1) is 15.7. The molecule has 7 heteroatoms. The van der Waals surface area contributed by atoms with Gasteiger partial charge in [-0.05, 0) is 55.2 Å². The number of anilines is 1. The second-order valence-corrected chi connectivity index (χ2v) is 8.05. The third-order valence-corrected chi connectivity index (χ3v) is 5.14. The summed E-state index contributed by atoms with van der Waals surface area (Å²) < 4.78 is 14.5. The summed E-state index contributed by atoms with van der Waals surface area (Å²) >= 11 is 0. The first-order valence-electron chi connectivity index (χ1n) is 10.8. The van der Waals surface area contributed by atoms with E-state index in [4.69, 9.17) is 0 Å². The maximum absolute atomic E-state index is 14.5. The van der Waals surface area contributed by atoms with E-state index in [-0.39, 0.29) is 17.3 Å². The van der Waals surface area contributed by atoms with E-state index >= 15 is 0 Å². The minimum absolute atomic E-state index is 0.135. The summed E-state index contributed by atoms with van der Waals surface area (Å²) in [6.07, 6.45) is 6.67. The Kier molecular flexibility index (Phi) is 9.51. The van der Waals surface area contributed by atoms with Crippen molar-refractivity contribution in [1.29, 1.82) is 0 Å². The van der Waals surface area contributed by atoms with Gasteiger partial charge in [0, 0.05) is 23.7 Å². The number of hydrogen-bond acceptors (Lipinski definition) is 5. The van der Waals surface area contributed by atoms with Crippen molar-refractivity contribution < 1.29 is 19.4 Å². The van der Waals surface area contributed by atoms with Gasteiger partial charge in [0.05, 0.1) is 30.5 Å². The molecule has 0 saturated carbocycles. The number of rotatable bonds is 10. The Morgan fingerprint density at radius 2 is 1.91 bits per heavy atom. The Balaban J connectivity index is 2.50. The molecule has 0 saturated heterocycles. The van der Waals surface area contributed by atoms with Crippen LogP contribution in [0, 0.1) is 18.7 Å². The van der Waals surface area contributed by atoms with Crippen LogP contribution in [0.25, 0.3) is 5.57 Å². The fraction of sp³-hybridized carbons (Fsp3) is 0.308. The lowest BCUT2D eigenvalue weighted by Crippen LogP contribution is -2.40. The third kappa shape index (κ3) is 6.84. The van der Waals surface area contributed by atoms with Crippen molar-refractivity contribution in [2.75, 3.05) is 18.5 Å². The van der Waals surface area contributed by atoms with Gasteiger partial charge >= 0.3 is 0 Å². The number of halogens is 1. The fourth-order valence-corrected chi connectivity index (χ4v) is 3.37. The van der Waals surface area contributed by atoms with Crippen LogP contribution in [0.3, 0.4) is 0 Å². The number of aliphatic hydroxyl groups excluding tert-OH is 2. The van der Waals surface area contributed by atoms with Crippen LogP contribution >= 0.6 is 0 Å². The van der Waals surface area contributed by atoms with Crippen molar-refractivity contribution in [3.8, 4) is 0 Å². The monoisotopic (exact) mass is 453 g/mol. The quantitative estimate of drug-likeness (QED) is 0.404. The molecule has 0 fully saturated rings. The molecule has 0 atom stereocenters. The van der Waals surface area contributed by atoms with Crippen LogP contribution in [0.5, 0.6) is 0 Å². The number of pyridine rings is 1. The van der Waals surface area contributed by atoms with Gasteiger partial charge in [0.15, 0.2) is 0 Å². The van der Waals surface area contributed by atoms with E-state index in [0.717, 1.165) is 11.1 Å². The van der Waals surface area contributed by atoms with E-state index in [1.807, 2.05) is 33.8 Å². The number of aromatic nitrogens is 1. The lowest BCUT2D eigenvalue weighted by Gasteiger charge is -2.21. The van der Waals surface area contributed by atoms with Gasteiger partial charge in [0.25, 0.3) is 5.91 Å². The van der Waals surface area contributed by atoms with Crippen LogP contribution < -0.4 is 10.6 Å². The molecule has 0 spiro atoms. The summed E-state index contributed by atoms with van der Waals surface area (Å²) in [5, 5.41) is 24.4. The zero-order valence-electron chi connectivity index (χ0n) is 19.5. The van der Waals surface area contributed by atoms with Gasteiger partial charge in [-0.3, -0.25) is 9.78 Å². The molecular formula is C26H32FN3O3. The molecule has 4 N–H and O–H groups in total. The highest BCUT2D eigenvalue weighted by Gasteiger charge is 2.18. The van der Waals surface area contributed by atoms with E-state index in [1.54, 1.807) is 30.5 Å². The molecule has 2 aromatic rings. The van der Waals surface area contributed by atoms with Crippen LogP contribution in [-0.2, 0) is 0 Å². The molecule has 2 rings (SSSR count). The van der Waals surface area contributed by atoms with E-state index in [9.17, 15) is 19.4 Å². The van der Waals surface area contributed by atoms with E-state index < -0.39 is 25.2 Å². The molecule has 0 bridgehead atoms. The molecule has 0 aliphatic rings. The molecule has 6 nitrogen and oxygen atoms in total. The number of aryl methyl sites for hydroxylation is 1. The van der Waals surface area contributed by atoms with Gasteiger partial charge in [-0.15, -0.1) is 0 Å². The van der Waals surface area contributed by atoms with Gasteiger partial charge in [-0.2, -0.15) is 0 Å². The predicted octanol–water partition coefficient (Wildman–Crippen LogP) is 4.22. The van der Waals surface area contributed by atoms with Gasteiger partial charge in [0.1, 0.15) is 5.82 Å². The molecule has 0 aliphatic carbocycles. The average molecular weight is 454 g/mol. The molecule has 1 heterocycles. The Hall–Kier alpha value is -3.29. The summed E-state index contributed by atoms with van der Waals surface area (Å²) in [5.74, 6) is -0.722. The van der Waals surface area contributed by atoms with Crippen molar-refractivity contribution in [2.45, 2.75) is 33.7 Å². The third-order valence-electron chi connectivity index (χ3n) is 5.14. The molecule has 0 aliphatic heterocycles. The summed E-state index contributed by atoms with van der Waals surface area (Å²) in [6, 6.07) is 5.73. The number of benzene rings is 1. The first-order valence-corrected chi connectivity index (χ1v) is 10.8. The smallest absolute Gasteiger partial charge is 0.255 e. The van der Waals surface area contributed by atoms with Crippen molar-refractivity contribution in [2.24, 2.45) is 5.92 Å². The number of allylic oxidation sites excluding steroid dienone is 4. The Morgan fingerprint density at radius 3 is 2.52 bits per heavy atom. The Bertz CT molecular complexity index is 1060. The predicted molar refractivity (Wildman–Crippen MR) is 130 cm³/mol. The minimum Gasteiger partial charge on any atom is -0.394 e. The molecular weight excluding hydrogens is 421 g/mol. The normalized spacial score (nSPS) is 12.3. The number of carbonyl (C=O) groups excluding carboxylic acids is 1. The number of amides is 1. The lowest BCUT2D eigenvalue weighted by molar-refractivity contribution is 0.0880. The lowest BCUT2D eigenvalue weighted by atomic mass is 9.95. The number of carbonyl (C=O) groups is 1. The maximum atomic E-state index is 14.5. The molecule has 1 aromatic heterocycles. The summed E-state index contributed by atoms with van der Waals surface area (Å²) in [6.45, 7) is 11.2. The zero-order valence-corrected chi connectivity index (χ0v) is 19.5. The van der Waals surface area contributed by atoms with Crippen LogP contribution in [0.4, 0.5) is 10.1 Å². The van der Waals surface area contributed by atoms with Gasteiger partial charge in [-0.1, -0.05) is 38.1 Å². The number of aliphatic hydroxyl groups is 2. The number of nitrogens with zero attached hydrogens (tertiary/aromatic N) is 1. The molecule has 0 radical (unpaired) electrons. The Morgan fingerprint density at radius 1 is 1.21 bits per heavy atom. The second kappa shape index (κ2) is 12.1. The maximum Gasteiger partial charge on any atom is 0.255 e. The largest absolute Gasteiger partial charge is 0.394 e. The van der Waals surface area contributed by atoms with Crippen LogP contribution in [0.15, 0.2) is 66.7 Å². The fourth-order valence-electron chi connectivity index (χ4n) is 3.37. The number of nitrogens with one attached hydrogen (secondary N) is 2.